The average Bonchev–Trinajstić information content (AvgIpc) is 2.62. The second-order valence-corrected chi connectivity index (χ2v) is 3.41. The SMILES string of the molecule is O=[C]C12CCCCC1C2. The van der Waals surface area contributed by atoms with Crippen LogP contribution in [0.1, 0.15) is 32.1 Å². The summed E-state index contributed by atoms with van der Waals surface area (Å²) in [6, 6.07) is 0. The van der Waals surface area contributed by atoms with Gasteiger partial charge in [-0.1, -0.05) is 12.8 Å². The number of hydrogen-bond donors (Lipinski definition) is 0. The Kier molecular flexibility index (Phi) is 0.961. The van der Waals surface area contributed by atoms with Crippen LogP contribution in [-0.4, -0.2) is 6.29 Å². The smallest absolute Gasteiger partial charge is 0.205 e. The van der Waals surface area contributed by atoms with Gasteiger partial charge >= 0.3 is 0 Å². The normalized spacial score (nSPS) is 47.8. The molecule has 0 aromatic heterocycles. The van der Waals surface area contributed by atoms with Crippen LogP contribution >= 0.6 is 0 Å². The third-order valence-electron chi connectivity index (χ3n) is 2.86. The molecule has 0 bridgehead atoms. The molecule has 2 fully saturated rings. The minimum Gasteiger partial charge on any atom is -0.290 e. The van der Waals surface area contributed by atoms with E-state index in [4.69, 9.17) is 0 Å². The van der Waals surface area contributed by atoms with E-state index in [2.05, 4.69) is 6.29 Å². The molecular weight excluding hydrogens is 112 g/mol. The molecule has 1 nitrogen and oxygen atoms in total. The van der Waals surface area contributed by atoms with Crippen LogP contribution < -0.4 is 0 Å². The topological polar surface area (TPSA) is 17.1 Å². The summed E-state index contributed by atoms with van der Waals surface area (Å²) in [5, 5.41) is 0. The predicted molar refractivity (Wildman–Crippen MR) is 34.7 cm³/mol. The molecular formula is C8H11O. The van der Waals surface area contributed by atoms with E-state index in [1.165, 1.54) is 19.3 Å². The maximum atomic E-state index is 10.4. The molecule has 0 aromatic rings. The first-order valence-electron chi connectivity index (χ1n) is 3.77. The molecule has 2 unspecified atom stereocenters. The first-order valence-corrected chi connectivity index (χ1v) is 3.77. The monoisotopic (exact) mass is 123 g/mol. The highest BCUT2D eigenvalue weighted by molar-refractivity contribution is 5.65. The van der Waals surface area contributed by atoms with Crippen LogP contribution in [0.3, 0.4) is 0 Å². The average molecular weight is 123 g/mol. The highest BCUT2D eigenvalue weighted by atomic mass is 16.1. The summed E-state index contributed by atoms with van der Waals surface area (Å²) < 4.78 is 0. The van der Waals surface area contributed by atoms with Crippen LogP contribution in [0, 0.1) is 11.3 Å². The summed E-state index contributed by atoms with van der Waals surface area (Å²) in [6.07, 6.45) is 8.36. The van der Waals surface area contributed by atoms with Crippen molar-refractivity contribution in [1.29, 1.82) is 0 Å². The van der Waals surface area contributed by atoms with Gasteiger partial charge in [0.25, 0.3) is 0 Å². The number of carbonyl (C=O) groups excluding carboxylic acids is 1. The van der Waals surface area contributed by atoms with Gasteiger partial charge in [-0.25, -0.2) is 0 Å². The van der Waals surface area contributed by atoms with Crippen LogP contribution in [-0.2, 0) is 4.79 Å². The van der Waals surface area contributed by atoms with Gasteiger partial charge in [0.2, 0.25) is 6.29 Å². The van der Waals surface area contributed by atoms with Crippen molar-refractivity contribution in [1.82, 2.24) is 0 Å². The Bertz CT molecular complexity index is 142. The van der Waals surface area contributed by atoms with Crippen LogP contribution in [0.5, 0.6) is 0 Å². The van der Waals surface area contributed by atoms with Crippen molar-refractivity contribution in [3.8, 4) is 0 Å². The summed E-state index contributed by atoms with van der Waals surface area (Å²) in [5.74, 6) is 0.740. The van der Waals surface area contributed by atoms with Crippen molar-refractivity contribution in [3.05, 3.63) is 0 Å². The van der Waals surface area contributed by atoms with Gasteiger partial charge in [-0.2, -0.15) is 0 Å². The van der Waals surface area contributed by atoms with Crippen molar-refractivity contribution in [2.45, 2.75) is 32.1 Å². The van der Waals surface area contributed by atoms with Crippen LogP contribution in [0.25, 0.3) is 0 Å². The fourth-order valence-electron chi connectivity index (χ4n) is 2.07. The van der Waals surface area contributed by atoms with E-state index in [0.717, 1.165) is 18.8 Å². The fraction of sp³-hybridized carbons (Fsp3) is 0.875. The van der Waals surface area contributed by atoms with Gasteiger partial charge in [0.1, 0.15) is 0 Å². The Balaban J connectivity index is 2.09. The van der Waals surface area contributed by atoms with Crippen LogP contribution in [0.4, 0.5) is 0 Å². The zero-order valence-corrected chi connectivity index (χ0v) is 5.52. The lowest BCUT2D eigenvalue weighted by atomic mass is 9.90. The molecule has 0 spiro atoms. The molecule has 2 rings (SSSR count). The molecule has 1 heteroatoms. The quantitative estimate of drug-likeness (QED) is 0.518. The largest absolute Gasteiger partial charge is 0.290 e. The molecule has 0 heterocycles. The van der Waals surface area contributed by atoms with Crippen molar-refractivity contribution >= 4 is 6.29 Å². The molecule has 2 aliphatic rings. The molecule has 1 radical (unpaired) electrons. The highest BCUT2D eigenvalue weighted by Crippen LogP contribution is 2.59. The molecule has 0 aliphatic heterocycles. The highest BCUT2D eigenvalue weighted by Gasteiger charge is 2.55. The molecule has 2 aliphatic carbocycles. The third-order valence-corrected chi connectivity index (χ3v) is 2.86. The van der Waals surface area contributed by atoms with Crippen LogP contribution in [0.15, 0.2) is 0 Å². The second-order valence-electron chi connectivity index (χ2n) is 3.41. The van der Waals surface area contributed by atoms with E-state index in [1.807, 2.05) is 0 Å². The third kappa shape index (κ3) is 0.637. The lowest BCUT2D eigenvalue weighted by Crippen LogP contribution is -2.09. The lowest BCUT2D eigenvalue weighted by molar-refractivity contribution is 0.401. The van der Waals surface area contributed by atoms with Gasteiger partial charge in [-0.3, -0.25) is 4.79 Å². The molecule has 0 aromatic carbocycles. The molecule has 9 heavy (non-hydrogen) atoms. The standard InChI is InChI=1S/C8H11O/c9-6-8-4-2-1-3-7(8)5-8/h7H,1-5H2. The second kappa shape index (κ2) is 1.59. The minimum atomic E-state index is 0.0816. The van der Waals surface area contributed by atoms with Gasteiger partial charge in [0.05, 0.1) is 0 Å². The van der Waals surface area contributed by atoms with Gasteiger partial charge in [0, 0.05) is 5.41 Å². The molecule has 0 amide bonds. The van der Waals surface area contributed by atoms with Crippen molar-refractivity contribution in [3.63, 3.8) is 0 Å². The van der Waals surface area contributed by atoms with Gasteiger partial charge < -0.3 is 0 Å². The van der Waals surface area contributed by atoms with E-state index in [1.54, 1.807) is 0 Å². The Morgan fingerprint density at radius 3 is 2.89 bits per heavy atom. The van der Waals surface area contributed by atoms with E-state index in [9.17, 15) is 4.79 Å². The Morgan fingerprint density at radius 1 is 1.44 bits per heavy atom. The van der Waals surface area contributed by atoms with Gasteiger partial charge in [-0.15, -0.1) is 0 Å². The van der Waals surface area contributed by atoms with Gasteiger partial charge in [0.15, 0.2) is 0 Å². The molecule has 0 N–H and O–H groups in total. The molecule has 2 atom stereocenters. The number of hydrogen-bond acceptors (Lipinski definition) is 1. The molecule has 49 valence electrons. The molecule has 2 saturated carbocycles. The summed E-state index contributed by atoms with van der Waals surface area (Å²) in [7, 11) is 0. The summed E-state index contributed by atoms with van der Waals surface area (Å²) >= 11 is 0. The Hall–Kier alpha value is -0.330. The van der Waals surface area contributed by atoms with E-state index in [-0.39, 0.29) is 5.41 Å². The number of fused-ring (bicyclic) bond motifs is 1. The van der Waals surface area contributed by atoms with Crippen LogP contribution in [0.2, 0.25) is 0 Å². The minimum absolute atomic E-state index is 0.0816. The van der Waals surface area contributed by atoms with Crippen molar-refractivity contribution in [2.24, 2.45) is 11.3 Å². The predicted octanol–water partition coefficient (Wildman–Crippen LogP) is 1.68. The maximum absolute atomic E-state index is 10.4. The zero-order valence-electron chi connectivity index (χ0n) is 5.52. The first kappa shape index (κ1) is 5.45. The Morgan fingerprint density at radius 2 is 2.33 bits per heavy atom. The summed E-state index contributed by atoms with van der Waals surface area (Å²) in [5.41, 5.74) is 0.0816. The molecule has 0 saturated heterocycles. The number of rotatable bonds is 1. The maximum Gasteiger partial charge on any atom is 0.205 e. The van der Waals surface area contributed by atoms with Crippen molar-refractivity contribution < 1.29 is 4.79 Å². The van der Waals surface area contributed by atoms with E-state index >= 15 is 0 Å². The lowest BCUT2D eigenvalue weighted by Gasteiger charge is -2.13. The summed E-state index contributed by atoms with van der Waals surface area (Å²) in [4.78, 5) is 10.4. The zero-order chi connectivity index (χ0) is 6.32. The fourth-order valence-corrected chi connectivity index (χ4v) is 2.07. The Labute approximate surface area is 55.4 Å². The first-order chi connectivity index (χ1) is 4.37. The van der Waals surface area contributed by atoms with Gasteiger partial charge in [-0.05, 0) is 25.2 Å². The van der Waals surface area contributed by atoms with Crippen molar-refractivity contribution in [2.75, 3.05) is 0 Å². The summed E-state index contributed by atoms with van der Waals surface area (Å²) in [6.45, 7) is 0. The van der Waals surface area contributed by atoms with E-state index < -0.39 is 0 Å². The van der Waals surface area contributed by atoms with E-state index in [0.29, 0.717) is 0 Å².